The first-order valence-corrected chi connectivity index (χ1v) is 7.49. The number of carboxylic acid groups (broad SMARTS) is 1. The smallest absolute Gasteiger partial charge is 0.335 e. The zero-order valence-corrected chi connectivity index (χ0v) is 12.2. The van der Waals surface area contributed by atoms with Crippen LogP contribution in [0.2, 0.25) is 0 Å². The van der Waals surface area contributed by atoms with Crippen LogP contribution in [0.25, 0.3) is 11.0 Å². The molecule has 2 heterocycles. The van der Waals surface area contributed by atoms with Gasteiger partial charge in [0.2, 0.25) is 0 Å². The standard InChI is InChI=1S/C16H20N2O3/c1-2-15-17-13-6-5-12(16(19)20)8-14(13)18(15)9-11-4-3-7-21-10-11/h5-6,8,11H,2-4,7,9-10H2,1H3,(H,19,20). The van der Waals surface area contributed by atoms with Crippen molar-refractivity contribution in [3.63, 3.8) is 0 Å². The van der Waals surface area contributed by atoms with Crippen molar-refractivity contribution in [2.75, 3.05) is 13.2 Å². The van der Waals surface area contributed by atoms with Gasteiger partial charge in [-0.3, -0.25) is 0 Å². The number of rotatable bonds is 4. The van der Waals surface area contributed by atoms with E-state index in [1.807, 2.05) is 0 Å². The quantitative estimate of drug-likeness (QED) is 0.939. The molecule has 5 nitrogen and oxygen atoms in total. The number of nitrogens with zero attached hydrogens (tertiary/aromatic N) is 2. The number of hydrogen-bond acceptors (Lipinski definition) is 3. The van der Waals surface area contributed by atoms with Gasteiger partial charge in [0, 0.05) is 25.5 Å². The number of hydrogen-bond donors (Lipinski definition) is 1. The number of aromatic nitrogens is 2. The first-order valence-electron chi connectivity index (χ1n) is 7.49. The Bertz CT molecular complexity index is 657. The number of ether oxygens (including phenoxy) is 1. The Kier molecular flexibility index (Phi) is 3.92. The Labute approximate surface area is 123 Å². The topological polar surface area (TPSA) is 64.3 Å². The average Bonchev–Trinajstić information content (AvgIpc) is 2.85. The Hall–Kier alpha value is -1.88. The molecule has 1 aromatic heterocycles. The van der Waals surface area contributed by atoms with E-state index in [-0.39, 0.29) is 0 Å². The molecule has 0 bridgehead atoms. The van der Waals surface area contributed by atoms with Crippen LogP contribution in [0.3, 0.4) is 0 Å². The first-order chi connectivity index (χ1) is 10.2. The second kappa shape index (κ2) is 5.85. The third-order valence-electron chi connectivity index (χ3n) is 4.09. The second-order valence-electron chi connectivity index (χ2n) is 5.58. The Morgan fingerprint density at radius 2 is 2.38 bits per heavy atom. The van der Waals surface area contributed by atoms with E-state index >= 15 is 0 Å². The van der Waals surface area contributed by atoms with Gasteiger partial charge in [-0.15, -0.1) is 0 Å². The summed E-state index contributed by atoms with van der Waals surface area (Å²) in [4.78, 5) is 15.8. The number of imidazole rings is 1. The van der Waals surface area contributed by atoms with Gasteiger partial charge in [0.05, 0.1) is 23.2 Å². The van der Waals surface area contributed by atoms with Gasteiger partial charge in [0.15, 0.2) is 0 Å². The highest BCUT2D eigenvalue weighted by atomic mass is 16.5. The maximum Gasteiger partial charge on any atom is 0.335 e. The van der Waals surface area contributed by atoms with E-state index in [9.17, 15) is 9.90 Å². The molecule has 1 unspecified atom stereocenters. The Morgan fingerprint density at radius 1 is 1.52 bits per heavy atom. The van der Waals surface area contributed by atoms with Crippen molar-refractivity contribution >= 4 is 17.0 Å². The summed E-state index contributed by atoms with van der Waals surface area (Å²) in [5.74, 6) is 0.594. The third kappa shape index (κ3) is 2.78. The second-order valence-corrected chi connectivity index (χ2v) is 5.58. The molecule has 21 heavy (non-hydrogen) atoms. The number of aromatic carboxylic acids is 1. The van der Waals surface area contributed by atoms with Crippen LogP contribution in [0.1, 0.15) is 35.9 Å². The average molecular weight is 288 g/mol. The SMILES string of the molecule is CCc1nc2ccc(C(=O)O)cc2n1CC1CCCOC1. The minimum atomic E-state index is -0.899. The van der Waals surface area contributed by atoms with E-state index in [4.69, 9.17) is 4.74 Å². The molecule has 0 radical (unpaired) electrons. The van der Waals surface area contributed by atoms with Crippen LogP contribution < -0.4 is 0 Å². The molecule has 1 aliphatic rings. The van der Waals surface area contributed by atoms with Crippen molar-refractivity contribution in [3.8, 4) is 0 Å². The Balaban J connectivity index is 2.00. The van der Waals surface area contributed by atoms with Crippen LogP contribution >= 0.6 is 0 Å². The largest absolute Gasteiger partial charge is 0.478 e. The van der Waals surface area contributed by atoms with Crippen LogP contribution in [0.4, 0.5) is 0 Å². The molecule has 1 saturated heterocycles. The van der Waals surface area contributed by atoms with E-state index in [1.54, 1.807) is 18.2 Å². The molecule has 1 atom stereocenters. The van der Waals surface area contributed by atoms with Gasteiger partial charge in [-0.1, -0.05) is 6.92 Å². The predicted octanol–water partition coefficient (Wildman–Crippen LogP) is 2.72. The normalized spacial score (nSPS) is 19.0. The van der Waals surface area contributed by atoms with Crippen molar-refractivity contribution in [2.24, 2.45) is 5.92 Å². The molecule has 0 saturated carbocycles. The minimum Gasteiger partial charge on any atom is -0.478 e. The van der Waals surface area contributed by atoms with Crippen molar-refractivity contribution in [1.29, 1.82) is 0 Å². The predicted molar refractivity (Wildman–Crippen MR) is 79.6 cm³/mol. The monoisotopic (exact) mass is 288 g/mol. The fourth-order valence-electron chi connectivity index (χ4n) is 2.99. The molecular weight excluding hydrogens is 268 g/mol. The summed E-state index contributed by atoms with van der Waals surface area (Å²) in [7, 11) is 0. The summed E-state index contributed by atoms with van der Waals surface area (Å²) in [5.41, 5.74) is 2.09. The molecule has 1 fully saturated rings. The van der Waals surface area contributed by atoms with E-state index in [0.717, 1.165) is 55.9 Å². The lowest BCUT2D eigenvalue weighted by molar-refractivity contribution is 0.0485. The molecule has 3 rings (SSSR count). The Morgan fingerprint density at radius 3 is 3.05 bits per heavy atom. The molecular formula is C16H20N2O3. The molecule has 0 amide bonds. The number of benzene rings is 1. The maximum absolute atomic E-state index is 11.2. The fraction of sp³-hybridized carbons (Fsp3) is 0.500. The third-order valence-corrected chi connectivity index (χ3v) is 4.09. The van der Waals surface area contributed by atoms with E-state index < -0.39 is 5.97 Å². The molecule has 2 aromatic rings. The molecule has 5 heteroatoms. The lowest BCUT2D eigenvalue weighted by atomic mass is 10.0. The van der Waals surface area contributed by atoms with Crippen LogP contribution in [-0.4, -0.2) is 33.8 Å². The molecule has 112 valence electrons. The summed E-state index contributed by atoms with van der Waals surface area (Å²) >= 11 is 0. The van der Waals surface area contributed by atoms with Crippen LogP contribution in [0.5, 0.6) is 0 Å². The number of fused-ring (bicyclic) bond motifs is 1. The summed E-state index contributed by atoms with van der Waals surface area (Å²) < 4.78 is 7.72. The van der Waals surface area contributed by atoms with Gasteiger partial charge in [-0.2, -0.15) is 0 Å². The van der Waals surface area contributed by atoms with Crippen molar-refractivity contribution < 1.29 is 14.6 Å². The highest BCUT2D eigenvalue weighted by molar-refractivity contribution is 5.92. The minimum absolute atomic E-state index is 0.311. The van der Waals surface area contributed by atoms with Crippen LogP contribution in [0.15, 0.2) is 18.2 Å². The van der Waals surface area contributed by atoms with Gasteiger partial charge in [-0.25, -0.2) is 9.78 Å². The molecule has 1 aromatic carbocycles. The van der Waals surface area contributed by atoms with E-state index in [1.165, 1.54) is 0 Å². The summed E-state index contributed by atoms with van der Waals surface area (Å²) in [6, 6.07) is 5.14. The number of carbonyl (C=O) groups is 1. The summed E-state index contributed by atoms with van der Waals surface area (Å²) in [6.07, 6.45) is 3.09. The fourth-order valence-corrected chi connectivity index (χ4v) is 2.99. The van der Waals surface area contributed by atoms with Gasteiger partial charge in [0.1, 0.15) is 5.82 Å². The van der Waals surface area contributed by atoms with E-state index in [0.29, 0.717) is 11.5 Å². The number of aryl methyl sites for hydroxylation is 1. The van der Waals surface area contributed by atoms with Crippen molar-refractivity contribution in [3.05, 3.63) is 29.6 Å². The van der Waals surface area contributed by atoms with Gasteiger partial charge in [-0.05, 0) is 31.0 Å². The van der Waals surface area contributed by atoms with Gasteiger partial charge < -0.3 is 14.4 Å². The highest BCUT2D eigenvalue weighted by Crippen LogP contribution is 2.23. The van der Waals surface area contributed by atoms with Crippen molar-refractivity contribution in [2.45, 2.75) is 32.7 Å². The first kappa shape index (κ1) is 14.1. The van der Waals surface area contributed by atoms with Crippen LogP contribution in [0, 0.1) is 5.92 Å². The molecule has 1 N–H and O–H groups in total. The number of carboxylic acids is 1. The maximum atomic E-state index is 11.2. The highest BCUT2D eigenvalue weighted by Gasteiger charge is 2.18. The van der Waals surface area contributed by atoms with E-state index in [2.05, 4.69) is 16.5 Å². The zero-order chi connectivity index (χ0) is 14.8. The molecule has 0 spiro atoms. The zero-order valence-electron chi connectivity index (χ0n) is 12.2. The summed E-state index contributed by atoms with van der Waals surface area (Å²) in [6.45, 7) is 4.56. The lowest BCUT2D eigenvalue weighted by Crippen LogP contribution is -2.22. The van der Waals surface area contributed by atoms with Crippen LogP contribution in [-0.2, 0) is 17.7 Å². The molecule has 1 aliphatic heterocycles. The van der Waals surface area contributed by atoms with Crippen molar-refractivity contribution in [1.82, 2.24) is 9.55 Å². The summed E-state index contributed by atoms with van der Waals surface area (Å²) in [5, 5.41) is 9.17. The van der Waals surface area contributed by atoms with Gasteiger partial charge >= 0.3 is 5.97 Å². The van der Waals surface area contributed by atoms with Gasteiger partial charge in [0.25, 0.3) is 0 Å². The molecule has 0 aliphatic carbocycles. The lowest BCUT2D eigenvalue weighted by Gasteiger charge is -2.23.